The van der Waals surface area contributed by atoms with Crippen LogP contribution in [0.25, 0.3) is 0 Å². The Morgan fingerprint density at radius 2 is 1.95 bits per heavy atom. The second kappa shape index (κ2) is 6.70. The van der Waals surface area contributed by atoms with Crippen molar-refractivity contribution in [1.29, 1.82) is 0 Å². The van der Waals surface area contributed by atoms with Crippen LogP contribution in [-0.2, 0) is 0 Å². The van der Waals surface area contributed by atoms with Crippen molar-refractivity contribution in [3.63, 3.8) is 0 Å². The fraction of sp³-hybridized carbons (Fsp3) is 0.647. The van der Waals surface area contributed by atoms with Gasteiger partial charge in [0.2, 0.25) is 0 Å². The molecule has 2 heterocycles. The van der Waals surface area contributed by atoms with E-state index in [1.54, 1.807) is 0 Å². The zero-order chi connectivity index (χ0) is 13.8. The van der Waals surface area contributed by atoms with Gasteiger partial charge in [0.25, 0.3) is 0 Å². The van der Waals surface area contributed by atoms with Crippen molar-refractivity contribution in [2.75, 3.05) is 32.7 Å². The maximum atomic E-state index is 6.31. The van der Waals surface area contributed by atoms with Crippen molar-refractivity contribution in [2.24, 2.45) is 5.73 Å². The van der Waals surface area contributed by atoms with Crippen molar-refractivity contribution in [1.82, 2.24) is 9.80 Å². The normalized spacial score (nSPS) is 26.1. The summed E-state index contributed by atoms with van der Waals surface area (Å²) in [4.78, 5) is 5.31. The van der Waals surface area contributed by atoms with Crippen molar-refractivity contribution < 1.29 is 0 Å². The van der Waals surface area contributed by atoms with Crippen LogP contribution in [0.2, 0.25) is 0 Å². The topological polar surface area (TPSA) is 32.5 Å². The summed E-state index contributed by atoms with van der Waals surface area (Å²) in [6.45, 7) is 6.19. The number of fused-ring (bicyclic) bond motifs is 1. The van der Waals surface area contributed by atoms with Crippen molar-refractivity contribution >= 4 is 0 Å². The van der Waals surface area contributed by atoms with Gasteiger partial charge in [0.15, 0.2) is 0 Å². The molecular formula is C17H27N3. The molecule has 3 nitrogen and oxygen atoms in total. The van der Waals surface area contributed by atoms with Gasteiger partial charge in [-0.25, -0.2) is 0 Å². The van der Waals surface area contributed by atoms with E-state index in [0.717, 1.165) is 19.0 Å². The number of piperazine rings is 1. The molecule has 0 saturated carbocycles. The highest BCUT2D eigenvalue weighted by Crippen LogP contribution is 2.22. The number of nitrogens with zero attached hydrogens (tertiary/aromatic N) is 2. The van der Waals surface area contributed by atoms with E-state index in [4.69, 9.17) is 5.73 Å². The summed E-state index contributed by atoms with van der Waals surface area (Å²) in [5, 5.41) is 0. The monoisotopic (exact) mass is 273 g/mol. The van der Waals surface area contributed by atoms with E-state index in [-0.39, 0.29) is 6.04 Å². The molecule has 0 aromatic heterocycles. The van der Waals surface area contributed by atoms with Crippen LogP contribution < -0.4 is 5.73 Å². The Bertz CT molecular complexity index is 406. The molecule has 0 radical (unpaired) electrons. The third-order valence-corrected chi connectivity index (χ3v) is 4.91. The largest absolute Gasteiger partial charge is 0.324 e. The Morgan fingerprint density at radius 1 is 1.10 bits per heavy atom. The van der Waals surface area contributed by atoms with Crippen LogP contribution in [0.3, 0.4) is 0 Å². The van der Waals surface area contributed by atoms with E-state index in [0.29, 0.717) is 0 Å². The van der Waals surface area contributed by atoms with Crippen LogP contribution >= 0.6 is 0 Å². The molecule has 0 amide bonds. The van der Waals surface area contributed by atoms with E-state index < -0.39 is 0 Å². The Kier molecular flexibility index (Phi) is 4.71. The molecule has 20 heavy (non-hydrogen) atoms. The first-order valence-electron chi connectivity index (χ1n) is 8.10. The number of rotatable bonds is 4. The summed E-state index contributed by atoms with van der Waals surface area (Å²) >= 11 is 0. The fourth-order valence-corrected chi connectivity index (χ4v) is 3.61. The van der Waals surface area contributed by atoms with Gasteiger partial charge in [-0.15, -0.1) is 0 Å². The molecule has 2 N–H and O–H groups in total. The smallest absolute Gasteiger partial charge is 0.0307 e. The molecule has 0 spiro atoms. The first-order valence-corrected chi connectivity index (χ1v) is 8.10. The molecule has 3 rings (SSSR count). The van der Waals surface area contributed by atoms with E-state index in [9.17, 15) is 0 Å². The van der Waals surface area contributed by atoms with Crippen LogP contribution in [0, 0.1) is 0 Å². The quantitative estimate of drug-likeness (QED) is 0.913. The van der Waals surface area contributed by atoms with Gasteiger partial charge in [-0.05, 0) is 31.4 Å². The van der Waals surface area contributed by atoms with Gasteiger partial charge >= 0.3 is 0 Å². The van der Waals surface area contributed by atoms with Crippen molar-refractivity contribution in [3.05, 3.63) is 35.9 Å². The molecule has 2 saturated heterocycles. The Morgan fingerprint density at radius 3 is 2.80 bits per heavy atom. The maximum absolute atomic E-state index is 6.31. The third kappa shape index (κ3) is 3.40. The molecule has 2 aliphatic heterocycles. The minimum Gasteiger partial charge on any atom is -0.324 e. The van der Waals surface area contributed by atoms with Gasteiger partial charge in [-0.1, -0.05) is 36.8 Å². The van der Waals surface area contributed by atoms with Crippen molar-refractivity contribution in [2.45, 2.75) is 37.8 Å². The van der Waals surface area contributed by atoms with Gasteiger partial charge in [0.05, 0.1) is 0 Å². The molecule has 0 bridgehead atoms. The lowest BCUT2D eigenvalue weighted by molar-refractivity contribution is 0.0481. The van der Waals surface area contributed by atoms with Gasteiger partial charge in [-0.3, -0.25) is 4.90 Å². The molecule has 3 heteroatoms. The summed E-state index contributed by atoms with van der Waals surface area (Å²) in [7, 11) is 0. The maximum Gasteiger partial charge on any atom is 0.0307 e. The first kappa shape index (κ1) is 14.1. The average molecular weight is 273 g/mol. The Balaban J connectivity index is 1.47. The molecule has 0 aliphatic carbocycles. The first-order chi connectivity index (χ1) is 9.83. The van der Waals surface area contributed by atoms with Crippen LogP contribution in [0.4, 0.5) is 0 Å². The molecule has 2 aliphatic rings. The van der Waals surface area contributed by atoms with Crippen LogP contribution in [0.5, 0.6) is 0 Å². The molecule has 110 valence electrons. The number of benzene rings is 1. The van der Waals surface area contributed by atoms with Gasteiger partial charge in [-0.2, -0.15) is 0 Å². The highest BCUT2D eigenvalue weighted by atomic mass is 15.3. The lowest BCUT2D eigenvalue weighted by atomic mass is 9.99. The minimum atomic E-state index is 0.181. The summed E-state index contributed by atoms with van der Waals surface area (Å²) in [5.74, 6) is 0. The second-order valence-corrected chi connectivity index (χ2v) is 6.29. The summed E-state index contributed by atoms with van der Waals surface area (Å²) in [6.07, 6.45) is 5.27. The highest BCUT2D eigenvalue weighted by Gasteiger charge is 2.28. The lowest BCUT2D eigenvalue weighted by Crippen LogP contribution is -2.54. The van der Waals surface area contributed by atoms with Gasteiger partial charge in [0.1, 0.15) is 0 Å². The SMILES string of the molecule is NC(CCN1CCN2CCCCC2C1)c1ccccc1. The van der Waals surface area contributed by atoms with Crippen LogP contribution in [0.15, 0.2) is 30.3 Å². The second-order valence-electron chi connectivity index (χ2n) is 6.29. The van der Waals surface area contributed by atoms with Crippen LogP contribution in [-0.4, -0.2) is 48.6 Å². The average Bonchev–Trinajstić information content (AvgIpc) is 2.53. The number of hydrogen-bond acceptors (Lipinski definition) is 3. The predicted octanol–water partition coefficient (Wildman–Crippen LogP) is 2.25. The Labute approximate surface area is 122 Å². The molecule has 1 aromatic rings. The third-order valence-electron chi connectivity index (χ3n) is 4.91. The van der Waals surface area contributed by atoms with E-state index in [1.165, 1.54) is 51.0 Å². The predicted molar refractivity (Wildman–Crippen MR) is 83.6 cm³/mol. The minimum absolute atomic E-state index is 0.181. The van der Waals surface area contributed by atoms with Gasteiger partial charge < -0.3 is 10.6 Å². The fourth-order valence-electron chi connectivity index (χ4n) is 3.61. The van der Waals surface area contributed by atoms with Crippen LogP contribution in [0.1, 0.15) is 37.3 Å². The number of piperidine rings is 1. The molecule has 2 atom stereocenters. The summed E-state index contributed by atoms with van der Waals surface area (Å²) in [6, 6.07) is 11.5. The van der Waals surface area contributed by atoms with Gasteiger partial charge in [0, 0.05) is 38.3 Å². The summed E-state index contributed by atoms with van der Waals surface area (Å²) < 4.78 is 0. The number of hydrogen-bond donors (Lipinski definition) is 1. The molecular weight excluding hydrogens is 246 g/mol. The molecule has 2 unspecified atom stereocenters. The molecule has 2 fully saturated rings. The van der Waals surface area contributed by atoms with E-state index in [2.05, 4.69) is 40.1 Å². The zero-order valence-corrected chi connectivity index (χ0v) is 12.4. The Hall–Kier alpha value is -0.900. The summed E-state index contributed by atoms with van der Waals surface area (Å²) in [5.41, 5.74) is 7.57. The highest BCUT2D eigenvalue weighted by molar-refractivity contribution is 5.18. The standard InChI is InChI=1S/C17H27N3/c18-17(15-6-2-1-3-7-15)9-11-19-12-13-20-10-5-4-8-16(20)14-19/h1-3,6-7,16-17H,4-5,8-14,18H2. The zero-order valence-electron chi connectivity index (χ0n) is 12.4. The molecule has 1 aromatic carbocycles. The van der Waals surface area contributed by atoms with E-state index >= 15 is 0 Å². The number of nitrogens with two attached hydrogens (primary N) is 1. The van der Waals surface area contributed by atoms with E-state index in [1.807, 2.05) is 0 Å². The van der Waals surface area contributed by atoms with Crippen molar-refractivity contribution in [3.8, 4) is 0 Å². The lowest BCUT2D eigenvalue weighted by Gasteiger charge is -2.44.